The van der Waals surface area contributed by atoms with Crippen molar-refractivity contribution < 1.29 is 14.3 Å². The number of benzene rings is 1. The lowest BCUT2D eigenvalue weighted by molar-refractivity contribution is -0.111. The molecule has 0 radical (unpaired) electrons. The number of thiophene rings is 1. The van der Waals surface area contributed by atoms with E-state index in [1.165, 1.54) is 22.3 Å². The van der Waals surface area contributed by atoms with Gasteiger partial charge in [-0.3, -0.25) is 4.79 Å². The predicted octanol–water partition coefficient (Wildman–Crippen LogP) is 5.75. The summed E-state index contributed by atoms with van der Waals surface area (Å²) in [5.74, 6) is -0.0266. The van der Waals surface area contributed by atoms with Crippen LogP contribution in [0.5, 0.6) is 0 Å². The van der Waals surface area contributed by atoms with E-state index in [-0.39, 0.29) is 11.9 Å². The number of fused-ring (bicyclic) bond motifs is 1. The standard InChI is InChI=1S/C22H24ClNO3S/c1-3-14-9-11-16-18(13-14)28-21(20(16)22(26)27-4-2)24-19(25)12-10-15-7-5-6-8-17(15)23/h5-8,10,12,14H,3-4,9,11,13H2,1-2H3,(H,24,25)/b12-10+. The van der Waals surface area contributed by atoms with Gasteiger partial charge in [0.2, 0.25) is 5.91 Å². The highest BCUT2D eigenvalue weighted by Crippen LogP contribution is 2.40. The Morgan fingerprint density at radius 1 is 1.32 bits per heavy atom. The SMILES string of the molecule is CCOC(=O)c1c(NC(=O)/C=C/c2ccccc2Cl)sc2c1CCC(CC)C2. The highest BCUT2D eigenvalue weighted by molar-refractivity contribution is 7.17. The molecule has 0 saturated heterocycles. The van der Waals surface area contributed by atoms with Gasteiger partial charge in [0.15, 0.2) is 0 Å². The molecule has 3 rings (SSSR count). The Morgan fingerprint density at radius 3 is 2.82 bits per heavy atom. The number of anilines is 1. The molecule has 0 saturated carbocycles. The van der Waals surface area contributed by atoms with Crippen LogP contribution in [0.4, 0.5) is 5.00 Å². The number of carbonyl (C=O) groups is 2. The minimum Gasteiger partial charge on any atom is -0.462 e. The minimum atomic E-state index is -0.361. The van der Waals surface area contributed by atoms with Gasteiger partial charge < -0.3 is 10.1 Å². The molecule has 4 nitrogen and oxygen atoms in total. The minimum absolute atomic E-state index is 0.295. The second-order valence-electron chi connectivity index (χ2n) is 6.79. The molecule has 2 aromatic rings. The molecule has 6 heteroatoms. The number of amides is 1. The van der Waals surface area contributed by atoms with Crippen molar-refractivity contribution in [2.45, 2.75) is 39.5 Å². The highest BCUT2D eigenvalue weighted by atomic mass is 35.5. The van der Waals surface area contributed by atoms with Crippen LogP contribution in [0.1, 0.15) is 53.1 Å². The molecule has 1 aliphatic rings. The van der Waals surface area contributed by atoms with Crippen molar-refractivity contribution in [3.8, 4) is 0 Å². The first-order chi connectivity index (χ1) is 13.5. The van der Waals surface area contributed by atoms with Gasteiger partial charge in [-0.05, 0) is 55.4 Å². The molecule has 1 atom stereocenters. The van der Waals surface area contributed by atoms with Crippen molar-refractivity contribution in [3.63, 3.8) is 0 Å². The third-order valence-corrected chi connectivity index (χ3v) is 6.49. The topological polar surface area (TPSA) is 55.4 Å². The van der Waals surface area contributed by atoms with Crippen LogP contribution in [-0.4, -0.2) is 18.5 Å². The number of halogens is 1. The summed E-state index contributed by atoms with van der Waals surface area (Å²) in [5.41, 5.74) is 2.33. The fraction of sp³-hybridized carbons (Fsp3) is 0.364. The van der Waals surface area contributed by atoms with E-state index in [0.717, 1.165) is 36.8 Å². The molecule has 1 heterocycles. The van der Waals surface area contributed by atoms with Gasteiger partial charge in [0, 0.05) is 16.0 Å². The summed E-state index contributed by atoms with van der Waals surface area (Å²) in [6, 6.07) is 7.31. The highest BCUT2D eigenvalue weighted by Gasteiger charge is 2.29. The number of ether oxygens (including phenoxy) is 1. The monoisotopic (exact) mass is 417 g/mol. The first-order valence-corrected chi connectivity index (χ1v) is 10.8. The van der Waals surface area contributed by atoms with E-state index in [9.17, 15) is 9.59 Å². The molecule has 1 aliphatic carbocycles. The Balaban J connectivity index is 1.84. The summed E-state index contributed by atoms with van der Waals surface area (Å²) in [7, 11) is 0. The van der Waals surface area contributed by atoms with Gasteiger partial charge in [-0.2, -0.15) is 0 Å². The van der Waals surface area contributed by atoms with Crippen molar-refractivity contribution in [2.75, 3.05) is 11.9 Å². The molecule has 1 amide bonds. The lowest BCUT2D eigenvalue weighted by Crippen LogP contribution is -2.16. The van der Waals surface area contributed by atoms with Crippen LogP contribution in [0.15, 0.2) is 30.3 Å². The smallest absolute Gasteiger partial charge is 0.341 e. The summed E-state index contributed by atoms with van der Waals surface area (Å²) in [6.07, 6.45) is 7.09. The second-order valence-corrected chi connectivity index (χ2v) is 8.30. The number of esters is 1. The van der Waals surface area contributed by atoms with Gasteiger partial charge in [0.05, 0.1) is 12.2 Å². The van der Waals surface area contributed by atoms with E-state index >= 15 is 0 Å². The van der Waals surface area contributed by atoms with Gasteiger partial charge >= 0.3 is 5.97 Å². The Kier molecular flexibility index (Phi) is 6.92. The van der Waals surface area contributed by atoms with Crippen LogP contribution in [-0.2, 0) is 22.4 Å². The predicted molar refractivity (Wildman–Crippen MR) is 115 cm³/mol. The average Bonchev–Trinajstić information content (AvgIpc) is 3.04. The maximum absolute atomic E-state index is 12.6. The van der Waals surface area contributed by atoms with Crippen LogP contribution < -0.4 is 5.32 Å². The van der Waals surface area contributed by atoms with Gasteiger partial charge in [0.25, 0.3) is 0 Å². The zero-order valence-corrected chi connectivity index (χ0v) is 17.7. The summed E-state index contributed by atoms with van der Waals surface area (Å²) < 4.78 is 5.25. The molecule has 1 unspecified atom stereocenters. The largest absolute Gasteiger partial charge is 0.462 e. The van der Waals surface area contributed by atoms with E-state index in [0.29, 0.717) is 28.1 Å². The number of carbonyl (C=O) groups excluding carboxylic acids is 2. The fourth-order valence-corrected chi connectivity index (χ4v) is 4.99. The van der Waals surface area contributed by atoms with E-state index in [1.807, 2.05) is 18.2 Å². The van der Waals surface area contributed by atoms with Gasteiger partial charge in [-0.1, -0.05) is 43.1 Å². The number of hydrogen-bond acceptors (Lipinski definition) is 4. The molecule has 0 aliphatic heterocycles. The number of nitrogens with one attached hydrogen (secondary N) is 1. The van der Waals surface area contributed by atoms with Gasteiger partial charge in [-0.15, -0.1) is 11.3 Å². The normalized spacial score (nSPS) is 16.0. The molecule has 1 aromatic carbocycles. The van der Waals surface area contributed by atoms with Gasteiger partial charge in [0.1, 0.15) is 5.00 Å². The maximum atomic E-state index is 12.6. The average molecular weight is 418 g/mol. The number of hydrogen-bond donors (Lipinski definition) is 1. The molecular formula is C22H24ClNO3S. The van der Waals surface area contributed by atoms with E-state index in [1.54, 1.807) is 19.1 Å². The third-order valence-electron chi connectivity index (χ3n) is 4.98. The molecular weight excluding hydrogens is 394 g/mol. The second kappa shape index (κ2) is 9.39. The maximum Gasteiger partial charge on any atom is 0.341 e. The van der Waals surface area contributed by atoms with Gasteiger partial charge in [-0.25, -0.2) is 4.79 Å². The molecule has 0 bridgehead atoms. The first kappa shape index (κ1) is 20.6. The van der Waals surface area contributed by atoms with E-state index in [4.69, 9.17) is 16.3 Å². The summed E-state index contributed by atoms with van der Waals surface area (Å²) in [4.78, 5) is 26.2. The van der Waals surface area contributed by atoms with E-state index in [2.05, 4.69) is 12.2 Å². The molecule has 0 fully saturated rings. The van der Waals surface area contributed by atoms with Crippen LogP contribution in [0, 0.1) is 5.92 Å². The van der Waals surface area contributed by atoms with Crippen LogP contribution in [0.3, 0.4) is 0 Å². The van der Waals surface area contributed by atoms with E-state index < -0.39 is 0 Å². The molecule has 0 spiro atoms. The zero-order valence-electron chi connectivity index (χ0n) is 16.1. The molecule has 148 valence electrons. The Morgan fingerprint density at radius 2 is 2.11 bits per heavy atom. The summed E-state index contributed by atoms with van der Waals surface area (Å²) >= 11 is 7.62. The Hall–Kier alpha value is -2.11. The third kappa shape index (κ3) is 4.65. The van der Waals surface area contributed by atoms with Crippen LogP contribution in [0.25, 0.3) is 6.08 Å². The summed E-state index contributed by atoms with van der Waals surface area (Å²) in [6.45, 7) is 4.28. The zero-order chi connectivity index (χ0) is 20.1. The van der Waals surface area contributed by atoms with Crippen LogP contribution in [0.2, 0.25) is 5.02 Å². The first-order valence-electron chi connectivity index (χ1n) is 9.58. The molecule has 1 N–H and O–H groups in total. The lowest BCUT2D eigenvalue weighted by Gasteiger charge is -2.20. The molecule has 1 aromatic heterocycles. The Labute approximate surface area is 174 Å². The fourth-order valence-electron chi connectivity index (χ4n) is 3.44. The molecule has 28 heavy (non-hydrogen) atoms. The quantitative estimate of drug-likeness (QED) is 0.481. The lowest BCUT2D eigenvalue weighted by atomic mass is 9.85. The summed E-state index contributed by atoms with van der Waals surface area (Å²) in [5, 5.41) is 4.04. The van der Waals surface area contributed by atoms with Crippen molar-refractivity contribution >= 4 is 45.9 Å². The van der Waals surface area contributed by atoms with Crippen molar-refractivity contribution in [2.24, 2.45) is 5.92 Å². The Bertz CT molecular complexity index is 903. The van der Waals surface area contributed by atoms with Crippen molar-refractivity contribution in [1.29, 1.82) is 0 Å². The van der Waals surface area contributed by atoms with Crippen LogP contribution >= 0.6 is 22.9 Å². The van der Waals surface area contributed by atoms with Crippen molar-refractivity contribution in [3.05, 3.63) is 56.9 Å². The van der Waals surface area contributed by atoms with Crippen molar-refractivity contribution in [1.82, 2.24) is 0 Å². The number of rotatable bonds is 6.